The highest BCUT2D eigenvalue weighted by Gasteiger charge is 2.06. The van der Waals surface area contributed by atoms with E-state index in [1.165, 1.54) is 11.8 Å². The molecule has 0 saturated carbocycles. The lowest BCUT2D eigenvalue weighted by Gasteiger charge is -2.01. The maximum atomic E-state index is 11.9. The van der Waals surface area contributed by atoms with Crippen molar-refractivity contribution in [1.29, 1.82) is 0 Å². The van der Waals surface area contributed by atoms with Crippen LogP contribution in [0.4, 0.5) is 0 Å². The highest BCUT2D eigenvalue weighted by molar-refractivity contribution is 7.98. The van der Waals surface area contributed by atoms with Crippen LogP contribution in [-0.4, -0.2) is 25.1 Å². The van der Waals surface area contributed by atoms with Crippen LogP contribution in [0, 0.1) is 0 Å². The summed E-state index contributed by atoms with van der Waals surface area (Å²) in [5, 5.41) is 8.22. The second-order valence-electron chi connectivity index (χ2n) is 4.24. The van der Waals surface area contributed by atoms with Gasteiger partial charge in [0.05, 0.1) is 16.7 Å². The molecule has 0 unspecified atom stereocenters. The molecule has 0 spiro atoms. The maximum Gasteiger partial charge on any atom is 0.258 e. The molecular formula is C13H13N5OS. The summed E-state index contributed by atoms with van der Waals surface area (Å²) in [6.07, 6.45) is 0.818. The van der Waals surface area contributed by atoms with Gasteiger partial charge in [0.2, 0.25) is 5.16 Å². The SMILES string of the molecule is CCc1nc(SCc2nc3ccccc3c(=O)[nH]2)n[nH]1. The first-order valence-electron chi connectivity index (χ1n) is 6.28. The summed E-state index contributed by atoms with van der Waals surface area (Å²) in [4.78, 5) is 23.4. The van der Waals surface area contributed by atoms with Crippen LogP contribution in [0.3, 0.4) is 0 Å². The summed E-state index contributed by atoms with van der Waals surface area (Å²) < 4.78 is 0. The molecule has 0 aliphatic carbocycles. The normalized spacial score (nSPS) is 11.1. The van der Waals surface area contributed by atoms with E-state index in [2.05, 4.69) is 25.1 Å². The van der Waals surface area contributed by atoms with Crippen molar-refractivity contribution in [3.8, 4) is 0 Å². The number of hydrogen-bond acceptors (Lipinski definition) is 5. The van der Waals surface area contributed by atoms with E-state index in [4.69, 9.17) is 0 Å². The molecular weight excluding hydrogens is 274 g/mol. The molecule has 2 aromatic heterocycles. The first-order chi connectivity index (χ1) is 9.76. The van der Waals surface area contributed by atoms with E-state index in [0.717, 1.165) is 12.2 Å². The highest BCUT2D eigenvalue weighted by atomic mass is 32.2. The lowest BCUT2D eigenvalue weighted by Crippen LogP contribution is -2.11. The van der Waals surface area contributed by atoms with E-state index in [1.807, 2.05) is 25.1 Å². The fraction of sp³-hybridized carbons (Fsp3) is 0.231. The molecule has 0 amide bonds. The molecule has 7 heteroatoms. The highest BCUT2D eigenvalue weighted by Crippen LogP contribution is 2.17. The number of fused-ring (bicyclic) bond motifs is 1. The molecule has 2 heterocycles. The number of aryl methyl sites for hydroxylation is 1. The maximum absolute atomic E-state index is 11.9. The van der Waals surface area contributed by atoms with Crippen LogP contribution in [-0.2, 0) is 12.2 Å². The standard InChI is InChI=1S/C13H13N5OS/c1-2-10-16-13(18-17-10)20-7-11-14-9-6-4-3-5-8(9)12(19)15-11/h3-6H,2,7H2,1H3,(H,14,15,19)(H,16,17,18). The predicted octanol–water partition coefficient (Wildman–Crippen LogP) is 1.90. The average Bonchev–Trinajstić information content (AvgIpc) is 2.93. The predicted molar refractivity (Wildman–Crippen MR) is 77.7 cm³/mol. The van der Waals surface area contributed by atoms with E-state index < -0.39 is 0 Å². The van der Waals surface area contributed by atoms with Gasteiger partial charge in [0.15, 0.2) is 0 Å². The van der Waals surface area contributed by atoms with Gasteiger partial charge < -0.3 is 4.98 Å². The van der Waals surface area contributed by atoms with Crippen molar-refractivity contribution in [3.63, 3.8) is 0 Å². The summed E-state index contributed by atoms with van der Waals surface area (Å²) in [6, 6.07) is 7.30. The molecule has 0 aliphatic rings. The van der Waals surface area contributed by atoms with Gasteiger partial charge in [-0.05, 0) is 12.1 Å². The van der Waals surface area contributed by atoms with Gasteiger partial charge in [0.25, 0.3) is 5.56 Å². The Morgan fingerprint density at radius 2 is 2.05 bits per heavy atom. The first kappa shape index (κ1) is 12.9. The molecule has 0 atom stereocenters. The molecule has 0 saturated heterocycles. The monoisotopic (exact) mass is 287 g/mol. The second-order valence-corrected chi connectivity index (χ2v) is 5.18. The van der Waals surface area contributed by atoms with Gasteiger partial charge in [-0.15, -0.1) is 5.10 Å². The first-order valence-corrected chi connectivity index (χ1v) is 7.27. The Hall–Kier alpha value is -2.15. The molecule has 3 rings (SSSR count). The third-order valence-corrected chi connectivity index (χ3v) is 3.70. The smallest absolute Gasteiger partial charge is 0.258 e. The van der Waals surface area contributed by atoms with E-state index in [9.17, 15) is 4.79 Å². The number of rotatable bonds is 4. The molecule has 0 fully saturated rings. The summed E-state index contributed by atoms with van der Waals surface area (Å²) in [6.45, 7) is 2.01. The minimum atomic E-state index is -0.115. The molecule has 6 nitrogen and oxygen atoms in total. The van der Waals surface area contributed by atoms with Gasteiger partial charge in [-0.2, -0.15) is 0 Å². The van der Waals surface area contributed by atoms with E-state index in [1.54, 1.807) is 6.07 Å². The van der Waals surface area contributed by atoms with Crippen LogP contribution in [0.2, 0.25) is 0 Å². The third kappa shape index (κ3) is 2.57. The Labute approximate surface area is 119 Å². The van der Waals surface area contributed by atoms with Crippen molar-refractivity contribution in [1.82, 2.24) is 25.1 Å². The van der Waals surface area contributed by atoms with Gasteiger partial charge >= 0.3 is 0 Å². The summed E-state index contributed by atoms with van der Waals surface area (Å²) in [5.74, 6) is 2.01. The number of hydrogen-bond donors (Lipinski definition) is 2. The van der Waals surface area contributed by atoms with Gasteiger partial charge in [0.1, 0.15) is 11.6 Å². The topological polar surface area (TPSA) is 87.3 Å². The van der Waals surface area contributed by atoms with Crippen LogP contribution < -0.4 is 5.56 Å². The van der Waals surface area contributed by atoms with Crippen molar-refractivity contribution in [2.45, 2.75) is 24.3 Å². The van der Waals surface area contributed by atoms with Crippen LogP contribution in [0.5, 0.6) is 0 Å². The van der Waals surface area contributed by atoms with Crippen molar-refractivity contribution >= 4 is 22.7 Å². The summed E-state index contributed by atoms with van der Waals surface area (Å²) >= 11 is 1.44. The zero-order chi connectivity index (χ0) is 13.9. The summed E-state index contributed by atoms with van der Waals surface area (Å²) in [7, 11) is 0. The summed E-state index contributed by atoms with van der Waals surface area (Å²) in [5.41, 5.74) is 0.589. The van der Waals surface area contributed by atoms with Crippen LogP contribution in [0.15, 0.2) is 34.2 Å². The van der Waals surface area contributed by atoms with Crippen molar-refractivity contribution in [2.75, 3.05) is 0 Å². The minimum absolute atomic E-state index is 0.115. The Bertz CT molecular complexity index is 795. The fourth-order valence-corrected chi connectivity index (χ4v) is 2.52. The number of aromatic nitrogens is 5. The quantitative estimate of drug-likeness (QED) is 0.716. The number of nitrogens with zero attached hydrogens (tertiary/aromatic N) is 3. The molecule has 0 bridgehead atoms. The fourth-order valence-electron chi connectivity index (χ4n) is 1.84. The van der Waals surface area contributed by atoms with Gasteiger partial charge in [-0.3, -0.25) is 9.89 Å². The lowest BCUT2D eigenvalue weighted by atomic mass is 10.2. The second kappa shape index (κ2) is 5.46. The van der Waals surface area contributed by atoms with Crippen molar-refractivity contribution < 1.29 is 0 Å². The molecule has 0 radical (unpaired) electrons. The Morgan fingerprint density at radius 1 is 1.20 bits per heavy atom. The molecule has 3 aromatic rings. The van der Waals surface area contributed by atoms with Crippen molar-refractivity contribution in [2.24, 2.45) is 0 Å². The molecule has 1 aromatic carbocycles. The lowest BCUT2D eigenvalue weighted by molar-refractivity contribution is 0.940. The number of thioether (sulfide) groups is 1. The van der Waals surface area contributed by atoms with E-state index >= 15 is 0 Å². The van der Waals surface area contributed by atoms with Crippen LogP contribution in [0.25, 0.3) is 10.9 Å². The third-order valence-electron chi connectivity index (χ3n) is 2.85. The van der Waals surface area contributed by atoms with Gasteiger partial charge in [-0.25, -0.2) is 9.97 Å². The largest absolute Gasteiger partial charge is 0.309 e. The van der Waals surface area contributed by atoms with Crippen molar-refractivity contribution in [3.05, 3.63) is 46.3 Å². The number of nitrogens with one attached hydrogen (secondary N) is 2. The van der Waals surface area contributed by atoms with Gasteiger partial charge in [0, 0.05) is 6.42 Å². The molecule has 20 heavy (non-hydrogen) atoms. The molecule has 102 valence electrons. The number of aromatic amines is 2. The Kier molecular flexibility index (Phi) is 3.51. The number of para-hydroxylation sites is 1. The van der Waals surface area contributed by atoms with Crippen LogP contribution in [0.1, 0.15) is 18.6 Å². The zero-order valence-electron chi connectivity index (χ0n) is 10.9. The minimum Gasteiger partial charge on any atom is -0.309 e. The Balaban J connectivity index is 1.82. The van der Waals surface area contributed by atoms with E-state index in [-0.39, 0.29) is 5.56 Å². The molecule has 2 N–H and O–H groups in total. The van der Waals surface area contributed by atoms with Gasteiger partial charge in [-0.1, -0.05) is 30.8 Å². The average molecular weight is 287 g/mol. The zero-order valence-corrected chi connectivity index (χ0v) is 11.7. The number of H-pyrrole nitrogens is 2. The van der Waals surface area contributed by atoms with E-state index in [0.29, 0.717) is 27.6 Å². The number of benzene rings is 1. The van der Waals surface area contributed by atoms with Crippen LogP contribution >= 0.6 is 11.8 Å². The molecule has 0 aliphatic heterocycles. The Morgan fingerprint density at radius 3 is 2.85 bits per heavy atom.